The van der Waals surface area contributed by atoms with Crippen LogP contribution in [0.5, 0.6) is 0 Å². The van der Waals surface area contributed by atoms with E-state index in [0.29, 0.717) is 5.41 Å². The number of rotatable bonds is 4. The van der Waals surface area contributed by atoms with Gasteiger partial charge in [-0.2, -0.15) is 0 Å². The van der Waals surface area contributed by atoms with E-state index in [0.717, 1.165) is 29.7 Å². The van der Waals surface area contributed by atoms with Gasteiger partial charge in [0.1, 0.15) is 0 Å². The Kier molecular flexibility index (Phi) is 2.76. The van der Waals surface area contributed by atoms with E-state index in [1.165, 1.54) is 32.2 Å². The van der Waals surface area contributed by atoms with Crippen LogP contribution in [-0.2, 0) is 0 Å². The standard InChI is InChI=1S/C17H29N/c1-2-17(4-3-5-17)11-18-16-14-7-12-6-13(9-14)10-15(16)8-12/h12-16,18H,2-11H2,1H3. The highest BCUT2D eigenvalue weighted by atomic mass is 15.0. The van der Waals surface area contributed by atoms with Crippen molar-refractivity contribution in [3.8, 4) is 0 Å². The molecule has 0 amide bonds. The third-order valence-electron chi connectivity index (χ3n) is 7.10. The van der Waals surface area contributed by atoms with E-state index in [-0.39, 0.29) is 0 Å². The molecule has 18 heavy (non-hydrogen) atoms. The molecule has 0 aromatic heterocycles. The Labute approximate surface area is 112 Å². The highest BCUT2D eigenvalue weighted by Crippen LogP contribution is 2.54. The zero-order valence-corrected chi connectivity index (χ0v) is 12.0. The Morgan fingerprint density at radius 2 is 1.56 bits per heavy atom. The van der Waals surface area contributed by atoms with Crippen LogP contribution in [0.4, 0.5) is 0 Å². The predicted molar refractivity (Wildman–Crippen MR) is 75.4 cm³/mol. The molecule has 0 unspecified atom stereocenters. The minimum absolute atomic E-state index is 0.703. The van der Waals surface area contributed by atoms with Gasteiger partial charge in [-0.05, 0) is 80.5 Å². The molecule has 102 valence electrons. The second-order valence-corrected chi connectivity index (χ2v) is 8.04. The number of hydrogen-bond acceptors (Lipinski definition) is 1. The molecule has 1 N–H and O–H groups in total. The second kappa shape index (κ2) is 4.23. The van der Waals surface area contributed by atoms with Crippen LogP contribution >= 0.6 is 0 Å². The third-order valence-corrected chi connectivity index (χ3v) is 7.10. The summed E-state index contributed by atoms with van der Waals surface area (Å²) in [5.74, 6) is 4.34. The summed E-state index contributed by atoms with van der Waals surface area (Å²) in [6.07, 6.45) is 13.7. The van der Waals surface area contributed by atoms with Crippen LogP contribution in [0.2, 0.25) is 0 Å². The monoisotopic (exact) mass is 247 g/mol. The Morgan fingerprint density at radius 3 is 2.00 bits per heavy atom. The van der Waals surface area contributed by atoms with Crippen molar-refractivity contribution in [1.29, 1.82) is 0 Å². The minimum atomic E-state index is 0.703. The molecule has 5 saturated carbocycles. The first kappa shape index (κ1) is 11.8. The van der Waals surface area contributed by atoms with E-state index < -0.39 is 0 Å². The van der Waals surface area contributed by atoms with Crippen LogP contribution < -0.4 is 5.32 Å². The van der Waals surface area contributed by atoms with Crippen LogP contribution in [0.15, 0.2) is 0 Å². The van der Waals surface area contributed by atoms with E-state index in [1.54, 1.807) is 32.1 Å². The summed E-state index contributed by atoms with van der Waals surface area (Å²) in [5.41, 5.74) is 0.703. The van der Waals surface area contributed by atoms with Crippen molar-refractivity contribution in [2.24, 2.45) is 29.1 Å². The van der Waals surface area contributed by atoms with Gasteiger partial charge in [-0.3, -0.25) is 0 Å². The van der Waals surface area contributed by atoms with E-state index in [1.807, 2.05) is 0 Å². The predicted octanol–water partition coefficient (Wildman–Crippen LogP) is 3.98. The van der Waals surface area contributed by atoms with E-state index in [9.17, 15) is 0 Å². The molecule has 0 aromatic carbocycles. The lowest BCUT2D eigenvalue weighted by Gasteiger charge is -2.55. The molecule has 5 aliphatic carbocycles. The van der Waals surface area contributed by atoms with Crippen molar-refractivity contribution in [2.75, 3.05) is 6.54 Å². The smallest absolute Gasteiger partial charge is 0.0124 e. The third kappa shape index (κ3) is 1.77. The van der Waals surface area contributed by atoms with Crippen molar-refractivity contribution in [2.45, 2.75) is 70.8 Å². The quantitative estimate of drug-likeness (QED) is 0.792. The van der Waals surface area contributed by atoms with E-state index in [2.05, 4.69) is 12.2 Å². The molecule has 4 bridgehead atoms. The van der Waals surface area contributed by atoms with Gasteiger partial charge < -0.3 is 5.32 Å². The lowest BCUT2D eigenvalue weighted by Crippen LogP contribution is -2.56. The molecule has 0 saturated heterocycles. The van der Waals surface area contributed by atoms with Gasteiger partial charge >= 0.3 is 0 Å². The van der Waals surface area contributed by atoms with E-state index >= 15 is 0 Å². The molecular formula is C17H29N. The summed E-state index contributed by atoms with van der Waals surface area (Å²) < 4.78 is 0. The first-order valence-corrected chi connectivity index (χ1v) is 8.51. The fourth-order valence-electron chi connectivity index (χ4n) is 5.92. The molecule has 0 radical (unpaired) electrons. The van der Waals surface area contributed by atoms with Gasteiger partial charge in [-0.1, -0.05) is 13.3 Å². The van der Waals surface area contributed by atoms with Gasteiger partial charge in [0.2, 0.25) is 0 Å². The molecule has 0 spiro atoms. The summed E-state index contributed by atoms with van der Waals surface area (Å²) in [4.78, 5) is 0. The number of nitrogens with one attached hydrogen (secondary N) is 1. The first-order valence-electron chi connectivity index (χ1n) is 8.51. The maximum Gasteiger partial charge on any atom is 0.0124 e. The van der Waals surface area contributed by atoms with Crippen molar-refractivity contribution in [1.82, 2.24) is 5.32 Å². The molecule has 5 rings (SSSR count). The zero-order chi connectivity index (χ0) is 12.2. The lowest BCUT2D eigenvalue weighted by atomic mass is 9.54. The summed E-state index contributed by atoms with van der Waals surface area (Å²) in [6.45, 7) is 3.73. The fraction of sp³-hybridized carbons (Fsp3) is 1.00. The summed E-state index contributed by atoms with van der Waals surface area (Å²) in [5, 5.41) is 4.06. The molecule has 0 atom stereocenters. The van der Waals surface area contributed by atoms with Gasteiger partial charge in [0, 0.05) is 12.6 Å². The van der Waals surface area contributed by atoms with Gasteiger partial charge in [0.25, 0.3) is 0 Å². The van der Waals surface area contributed by atoms with Gasteiger partial charge in [0.05, 0.1) is 0 Å². The zero-order valence-electron chi connectivity index (χ0n) is 12.0. The highest BCUT2D eigenvalue weighted by molar-refractivity contribution is 5.02. The maximum absolute atomic E-state index is 4.06. The molecule has 5 aliphatic rings. The van der Waals surface area contributed by atoms with Crippen LogP contribution in [0.3, 0.4) is 0 Å². The highest BCUT2D eigenvalue weighted by Gasteiger charge is 2.48. The SMILES string of the molecule is CCC1(CNC2C3CC4CC(C3)CC2C4)CCC1. The molecule has 0 aliphatic heterocycles. The molecule has 1 heteroatoms. The summed E-state index contributed by atoms with van der Waals surface area (Å²) in [6, 6.07) is 0.904. The normalized spacial score (nSPS) is 48.2. The van der Waals surface area contributed by atoms with Crippen LogP contribution in [0, 0.1) is 29.1 Å². The van der Waals surface area contributed by atoms with Crippen molar-refractivity contribution >= 4 is 0 Å². The van der Waals surface area contributed by atoms with Crippen molar-refractivity contribution in [3.63, 3.8) is 0 Å². The van der Waals surface area contributed by atoms with Crippen molar-refractivity contribution in [3.05, 3.63) is 0 Å². The Bertz CT molecular complexity index is 284. The molecular weight excluding hydrogens is 218 g/mol. The topological polar surface area (TPSA) is 12.0 Å². The Morgan fingerprint density at radius 1 is 0.944 bits per heavy atom. The molecule has 0 heterocycles. The van der Waals surface area contributed by atoms with Gasteiger partial charge in [0.15, 0.2) is 0 Å². The number of hydrogen-bond donors (Lipinski definition) is 1. The average molecular weight is 247 g/mol. The summed E-state index contributed by atoms with van der Waals surface area (Å²) >= 11 is 0. The maximum atomic E-state index is 4.06. The fourth-order valence-corrected chi connectivity index (χ4v) is 5.92. The largest absolute Gasteiger partial charge is 0.313 e. The van der Waals surface area contributed by atoms with Crippen LogP contribution in [0.1, 0.15) is 64.7 Å². The van der Waals surface area contributed by atoms with Gasteiger partial charge in [-0.15, -0.1) is 0 Å². The first-order chi connectivity index (χ1) is 8.78. The molecule has 0 aromatic rings. The van der Waals surface area contributed by atoms with E-state index in [4.69, 9.17) is 0 Å². The van der Waals surface area contributed by atoms with Crippen LogP contribution in [0.25, 0.3) is 0 Å². The average Bonchev–Trinajstić information content (AvgIpc) is 2.30. The molecule has 5 fully saturated rings. The second-order valence-electron chi connectivity index (χ2n) is 8.04. The summed E-state index contributed by atoms with van der Waals surface area (Å²) in [7, 11) is 0. The van der Waals surface area contributed by atoms with Crippen LogP contribution in [-0.4, -0.2) is 12.6 Å². The molecule has 1 nitrogen and oxygen atoms in total. The van der Waals surface area contributed by atoms with Gasteiger partial charge in [-0.25, -0.2) is 0 Å². The Hall–Kier alpha value is -0.0400. The lowest BCUT2D eigenvalue weighted by molar-refractivity contribution is -0.0216. The van der Waals surface area contributed by atoms with Crippen molar-refractivity contribution < 1.29 is 0 Å². The minimum Gasteiger partial charge on any atom is -0.313 e. The Balaban J connectivity index is 1.40.